The summed E-state index contributed by atoms with van der Waals surface area (Å²) in [5.74, 6) is 0.928. The summed E-state index contributed by atoms with van der Waals surface area (Å²) >= 11 is 0. The molecule has 2 aliphatic rings. The van der Waals surface area contributed by atoms with Crippen molar-refractivity contribution in [3.05, 3.63) is 82.9 Å². The number of carbonyl (C=O) groups is 2. The summed E-state index contributed by atoms with van der Waals surface area (Å²) in [7, 11) is 0. The van der Waals surface area contributed by atoms with Crippen molar-refractivity contribution in [3.63, 3.8) is 0 Å². The van der Waals surface area contributed by atoms with Crippen molar-refractivity contribution in [1.82, 2.24) is 0 Å². The van der Waals surface area contributed by atoms with Gasteiger partial charge in [-0.15, -0.1) is 0 Å². The van der Waals surface area contributed by atoms with E-state index < -0.39 is 5.60 Å². The Kier molecular flexibility index (Phi) is 5.08. The standard InChI is InChI=1S/C27H26N2O4/c1-4-29(5-2)19-11-13-24-23(15-19)27(21-9-7-6-8-20(21)26(31)33-27)22-12-10-18(14-25(22)32-24)28-16-17(3)30/h6-15,28H,4-5,16H2,1-3H3. The van der Waals surface area contributed by atoms with E-state index in [0.717, 1.165) is 41.2 Å². The number of nitrogens with one attached hydrogen (secondary N) is 1. The third kappa shape index (κ3) is 3.25. The van der Waals surface area contributed by atoms with Gasteiger partial charge in [-0.3, -0.25) is 4.79 Å². The van der Waals surface area contributed by atoms with E-state index in [0.29, 0.717) is 17.1 Å². The normalized spacial score (nSPS) is 17.5. The summed E-state index contributed by atoms with van der Waals surface area (Å²) in [6, 6.07) is 19.2. The van der Waals surface area contributed by atoms with E-state index in [-0.39, 0.29) is 18.3 Å². The van der Waals surface area contributed by atoms with Crippen molar-refractivity contribution >= 4 is 23.1 Å². The summed E-state index contributed by atoms with van der Waals surface area (Å²) < 4.78 is 12.6. The maximum atomic E-state index is 13.0. The van der Waals surface area contributed by atoms with E-state index in [1.807, 2.05) is 48.5 Å². The predicted octanol–water partition coefficient (Wildman–Crippen LogP) is 5.10. The van der Waals surface area contributed by atoms with Crippen molar-refractivity contribution in [2.45, 2.75) is 26.4 Å². The Labute approximate surface area is 193 Å². The number of benzene rings is 3. The van der Waals surface area contributed by atoms with Gasteiger partial charge < -0.3 is 19.7 Å². The summed E-state index contributed by atoms with van der Waals surface area (Å²) in [6.45, 7) is 7.72. The lowest BCUT2D eigenvalue weighted by molar-refractivity contribution is -0.115. The summed E-state index contributed by atoms with van der Waals surface area (Å²) in [5.41, 5.74) is 3.65. The number of rotatable bonds is 6. The van der Waals surface area contributed by atoms with E-state index in [1.54, 1.807) is 6.07 Å². The Morgan fingerprint density at radius 1 is 0.939 bits per heavy atom. The van der Waals surface area contributed by atoms with Crippen LogP contribution in [0.3, 0.4) is 0 Å². The molecular weight excluding hydrogens is 416 g/mol. The van der Waals surface area contributed by atoms with Crippen LogP contribution in [0.25, 0.3) is 0 Å². The van der Waals surface area contributed by atoms with Crippen LogP contribution >= 0.6 is 0 Å². The first-order valence-corrected chi connectivity index (χ1v) is 11.3. The second-order valence-electron chi connectivity index (χ2n) is 8.34. The van der Waals surface area contributed by atoms with Gasteiger partial charge in [-0.05, 0) is 57.2 Å². The molecule has 2 heterocycles. The number of carbonyl (C=O) groups excluding carboxylic acids is 2. The fraction of sp³-hybridized carbons (Fsp3) is 0.259. The molecule has 0 fully saturated rings. The third-order valence-electron chi connectivity index (χ3n) is 6.37. The van der Waals surface area contributed by atoms with Crippen LogP contribution in [0.4, 0.5) is 11.4 Å². The van der Waals surface area contributed by atoms with Gasteiger partial charge in [0.15, 0.2) is 5.60 Å². The monoisotopic (exact) mass is 442 g/mol. The van der Waals surface area contributed by atoms with Crippen LogP contribution in [0.5, 0.6) is 11.5 Å². The van der Waals surface area contributed by atoms with E-state index in [9.17, 15) is 9.59 Å². The van der Waals surface area contributed by atoms with E-state index >= 15 is 0 Å². The molecule has 6 nitrogen and oxygen atoms in total. The van der Waals surface area contributed by atoms with Crippen LogP contribution < -0.4 is 15.0 Å². The Bertz CT molecular complexity index is 1260. The van der Waals surface area contributed by atoms with Gasteiger partial charge in [0.05, 0.1) is 12.1 Å². The van der Waals surface area contributed by atoms with Crippen LogP contribution in [0.1, 0.15) is 47.8 Å². The molecule has 6 heteroatoms. The number of hydrogen-bond donors (Lipinski definition) is 1. The first-order chi connectivity index (χ1) is 16.0. The molecule has 3 aromatic rings. The minimum Gasteiger partial charge on any atom is -0.456 e. The van der Waals surface area contributed by atoms with Crippen LogP contribution in [-0.2, 0) is 15.1 Å². The fourth-order valence-electron chi connectivity index (χ4n) is 4.78. The molecule has 0 radical (unpaired) electrons. The molecule has 0 saturated heterocycles. The molecule has 1 atom stereocenters. The third-order valence-corrected chi connectivity index (χ3v) is 6.37. The Hall–Kier alpha value is -3.80. The van der Waals surface area contributed by atoms with E-state index in [4.69, 9.17) is 9.47 Å². The highest BCUT2D eigenvalue weighted by Gasteiger charge is 2.53. The molecule has 0 saturated carbocycles. The Morgan fingerprint density at radius 2 is 1.73 bits per heavy atom. The lowest BCUT2D eigenvalue weighted by Gasteiger charge is -2.37. The molecule has 0 aliphatic carbocycles. The number of hydrogen-bond acceptors (Lipinski definition) is 6. The van der Waals surface area contributed by atoms with Gasteiger partial charge in [-0.2, -0.15) is 0 Å². The zero-order valence-electron chi connectivity index (χ0n) is 19.0. The van der Waals surface area contributed by atoms with Gasteiger partial charge in [0.1, 0.15) is 17.3 Å². The summed E-state index contributed by atoms with van der Waals surface area (Å²) in [5, 5.41) is 3.12. The van der Waals surface area contributed by atoms with Gasteiger partial charge in [-0.1, -0.05) is 18.2 Å². The molecule has 5 rings (SSSR count). The molecule has 1 unspecified atom stereocenters. The van der Waals surface area contributed by atoms with E-state index in [2.05, 4.69) is 30.1 Å². The molecule has 1 N–H and O–H groups in total. The van der Waals surface area contributed by atoms with Crippen molar-refractivity contribution in [2.75, 3.05) is 29.9 Å². The highest BCUT2D eigenvalue weighted by Crippen LogP contribution is 2.56. The smallest absolute Gasteiger partial charge is 0.340 e. The molecule has 0 amide bonds. The summed E-state index contributed by atoms with van der Waals surface area (Å²) in [4.78, 5) is 26.7. The van der Waals surface area contributed by atoms with E-state index in [1.165, 1.54) is 6.92 Å². The second-order valence-corrected chi connectivity index (χ2v) is 8.34. The number of fused-ring (bicyclic) bond motifs is 6. The SMILES string of the molecule is CCN(CC)c1ccc2c(c1)C1(OC(=O)c3ccccc31)c1ccc(NCC(C)=O)cc1O2. The lowest BCUT2D eigenvalue weighted by atomic mass is 9.77. The van der Waals surface area contributed by atoms with Crippen LogP contribution in [0.2, 0.25) is 0 Å². The van der Waals surface area contributed by atoms with Crippen LogP contribution in [-0.4, -0.2) is 31.4 Å². The Morgan fingerprint density at radius 3 is 2.48 bits per heavy atom. The van der Waals surface area contributed by atoms with Crippen molar-refractivity contribution in [3.8, 4) is 11.5 Å². The summed E-state index contributed by atoms with van der Waals surface area (Å²) in [6.07, 6.45) is 0. The predicted molar refractivity (Wildman–Crippen MR) is 127 cm³/mol. The highest BCUT2D eigenvalue weighted by molar-refractivity contribution is 5.97. The van der Waals surface area contributed by atoms with Gasteiger partial charge >= 0.3 is 5.97 Å². The number of nitrogens with zero attached hydrogens (tertiary/aromatic N) is 1. The molecular formula is C27H26N2O4. The van der Waals surface area contributed by atoms with Crippen molar-refractivity contribution in [1.29, 1.82) is 0 Å². The minimum absolute atomic E-state index is 0.0398. The average Bonchev–Trinajstić information content (AvgIpc) is 3.12. The maximum Gasteiger partial charge on any atom is 0.340 e. The van der Waals surface area contributed by atoms with Crippen molar-refractivity contribution < 1.29 is 19.1 Å². The van der Waals surface area contributed by atoms with Crippen LogP contribution in [0, 0.1) is 0 Å². The van der Waals surface area contributed by atoms with Gasteiger partial charge in [0, 0.05) is 47.2 Å². The number of anilines is 2. The number of ether oxygens (including phenoxy) is 2. The Balaban J connectivity index is 1.73. The quantitative estimate of drug-likeness (QED) is 0.536. The maximum absolute atomic E-state index is 13.0. The average molecular weight is 443 g/mol. The largest absolute Gasteiger partial charge is 0.456 e. The number of esters is 1. The topological polar surface area (TPSA) is 67.9 Å². The fourth-order valence-corrected chi connectivity index (χ4v) is 4.78. The van der Waals surface area contributed by atoms with Crippen molar-refractivity contribution in [2.24, 2.45) is 0 Å². The lowest BCUT2D eigenvalue weighted by Crippen LogP contribution is -2.33. The van der Waals surface area contributed by atoms with Gasteiger partial charge in [0.25, 0.3) is 0 Å². The van der Waals surface area contributed by atoms with Crippen LogP contribution in [0.15, 0.2) is 60.7 Å². The molecule has 0 bridgehead atoms. The molecule has 168 valence electrons. The molecule has 1 spiro atoms. The minimum atomic E-state index is -1.10. The molecule has 2 aliphatic heterocycles. The zero-order chi connectivity index (χ0) is 23.2. The first-order valence-electron chi connectivity index (χ1n) is 11.3. The first kappa shape index (κ1) is 21.1. The second kappa shape index (κ2) is 7.96. The number of ketones is 1. The molecule has 0 aromatic heterocycles. The highest BCUT2D eigenvalue weighted by atomic mass is 16.6. The number of Topliss-reactive ketones (excluding diaryl/α,β-unsaturated/α-hetero) is 1. The van der Waals surface area contributed by atoms with Gasteiger partial charge in [-0.25, -0.2) is 4.79 Å². The van der Waals surface area contributed by atoms with Gasteiger partial charge in [0.2, 0.25) is 0 Å². The zero-order valence-corrected chi connectivity index (χ0v) is 19.0. The molecule has 33 heavy (non-hydrogen) atoms. The molecule has 3 aromatic carbocycles.